The van der Waals surface area contributed by atoms with Crippen molar-refractivity contribution in [3.05, 3.63) is 54.1 Å². The summed E-state index contributed by atoms with van der Waals surface area (Å²) >= 11 is 0. The van der Waals surface area contributed by atoms with Crippen molar-refractivity contribution in [1.82, 2.24) is 4.98 Å². The van der Waals surface area contributed by atoms with Gasteiger partial charge in [-0.05, 0) is 56.0 Å². The molecule has 1 aliphatic heterocycles. The van der Waals surface area contributed by atoms with Crippen molar-refractivity contribution in [2.24, 2.45) is 5.92 Å². The van der Waals surface area contributed by atoms with Crippen LogP contribution < -0.4 is 9.80 Å². The van der Waals surface area contributed by atoms with Crippen molar-refractivity contribution < 1.29 is 0 Å². The van der Waals surface area contributed by atoms with Gasteiger partial charge in [-0.15, -0.1) is 6.58 Å². The number of benzene rings is 1. The first-order chi connectivity index (χ1) is 13.0. The first-order valence-electron chi connectivity index (χ1n) is 9.65. The summed E-state index contributed by atoms with van der Waals surface area (Å²) in [6.45, 7) is 13.6. The number of hydrogen-bond acceptors (Lipinski definition) is 4. The van der Waals surface area contributed by atoms with E-state index in [1.165, 1.54) is 22.3 Å². The van der Waals surface area contributed by atoms with E-state index >= 15 is 0 Å². The second kappa shape index (κ2) is 8.26. The van der Waals surface area contributed by atoms with E-state index in [-0.39, 0.29) is 5.92 Å². The minimum absolute atomic E-state index is 0.114. The van der Waals surface area contributed by atoms with E-state index in [4.69, 9.17) is 10.2 Å². The van der Waals surface area contributed by atoms with Gasteiger partial charge in [0, 0.05) is 26.2 Å². The molecule has 1 saturated heterocycles. The third-order valence-electron chi connectivity index (χ3n) is 5.20. The summed E-state index contributed by atoms with van der Waals surface area (Å²) in [5.74, 6) is 2.07. The lowest BCUT2D eigenvalue weighted by Gasteiger charge is -2.37. The van der Waals surface area contributed by atoms with Gasteiger partial charge in [0.05, 0.1) is 12.0 Å². The molecule has 0 amide bonds. The van der Waals surface area contributed by atoms with E-state index in [9.17, 15) is 0 Å². The molecular weight excluding hydrogens is 332 g/mol. The predicted octanol–water partition coefficient (Wildman–Crippen LogP) is 4.73. The molecular formula is C23H28N4. The van der Waals surface area contributed by atoms with Crippen LogP contribution in [-0.2, 0) is 0 Å². The number of pyridine rings is 1. The molecule has 4 heteroatoms. The minimum atomic E-state index is 0.114. The maximum atomic E-state index is 9.11. The van der Waals surface area contributed by atoms with E-state index in [1.54, 1.807) is 0 Å². The van der Waals surface area contributed by atoms with Crippen LogP contribution in [0.5, 0.6) is 0 Å². The van der Waals surface area contributed by atoms with Crippen LogP contribution in [0.4, 0.5) is 11.6 Å². The SMILES string of the molecule is C=CCCN(CC)c1cc(-c2cc(C)ccc2C)cc(N2CC(C#N)C2)n1. The van der Waals surface area contributed by atoms with Gasteiger partial charge in [-0.25, -0.2) is 4.98 Å². The highest BCUT2D eigenvalue weighted by Gasteiger charge is 2.28. The Labute approximate surface area is 162 Å². The Kier molecular flexibility index (Phi) is 5.81. The predicted molar refractivity (Wildman–Crippen MR) is 113 cm³/mol. The Morgan fingerprint density at radius 2 is 2.07 bits per heavy atom. The first-order valence-corrected chi connectivity index (χ1v) is 9.65. The molecule has 0 unspecified atom stereocenters. The lowest BCUT2D eigenvalue weighted by molar-refractivity contribution is 0.499. The average Bonchev–Trinajstić information content (AvgIpc) is 2.63. The number of aromatic nitrogens is 1. The van der Waals surface area contributed by atoms with Gasteiger partial charge in [0.2, 0.25) is 0 Å². The lowest BCUT2D eigenvalue weighted by atomic mass is 9.97. The molecule has 2 aromatic rings. The third-order valence-corrected chi connectivity index (χ3v) is 5.20. The van der Waals surface area contributed by atoms with E-state index in [2.05, 4.69) is 73.6 Å². The standard InChI is InChI=1S/C23H28N4/c1-5-7-10-26(6-2)22-12-20(21-11-17(3)8-9-18(21)4)13-23(25-22)27-15-19(14-24)16-27/h5,8-9,11-13,19H,1,6-7,10,15-16H2,2-4H3. The van der Waals surface area contributed by atoms with Crippen LogP contribution in [0.3, 0.4) is 0 Å². The Hall–Kier alpha value is -2.80. The molecule has 27 heavy (non-hydrogen) atoms. The number of aryl methyl sites for hydroxylation is 2. The van der Waals surface area contributed by atoms with Crippen LogP contribution in [0.2, 0.25) is 0 Å². The Bertz CT molecular complexity index is 859. The second-order valence-electron chi connectivity index (χ2n) is 7.28. The van der Waals surface area contributed by atoms with E-state index < -0.39 is 0 Å². The number of hydrogen-bond donors (Lipinski definition) is 0. The van der Waals surface area contributed by atoms with Crippen molar-refractivity contribution in [1.29, 1.82) is 5.26 Å². The zero-order valence-electron chi connectivity index (χ0n) is 16.6. The highest BCUT2D eigenvalue weighted by molar-refractivity contribution is 5.74. The zero-order chi connectivity index (χ0) is 19.4. The normalized spacial score (nSPS) is 13.8. The van der Waals surface area contributed by atoms with Crippen LogP contribution in [-0.4, -0.2) is 31.2 Å². The van der Waals surface area contributed by atoms with Crippen molar-refractivity contribution in [2.75, 3.05) is 36.0 Å². The zero-order valence-corrected chi connectivity index (χ0v) is 16.6. The van der Waals surface area contributed by atoms with Gasteiger partial charge in [-0.1, -0.05) is 29.8 Å². The van der Waals surface area contributed by atoms with Gasteiger partial charge >= 0.3 is 0 Å². The molecule has 2 heterocycles. The van der Waals surface area contributed by atoms with Crippen molar-refractivity contribution in [2.45, 2.75) is 27.2 Å². The molecule has 0 radical (unpaired) electrons. The summed E-state index contributed by atoms with van der Waals surface area (Å²) in [4.78, 5) is 9.43. The molecule has 0 bridgehead atoms. The number of nitrogens with zero attached hydrogens (tertiary/aromatic N) is 4. The third kappa shape index (κ3) is 4.14. The quantitative estimate of drug-likeness (QED) is 0.670. The summed E-state index contributed by atoms with van der Waals surface area (Å²) in [5, 5.41) is 9.11. The largest absolute Gasteiger partial charge is 0.356 e. The van der Waals surface area contributed by atoms with E-state index in [1.807, 2.05) is 6.08 Å². The van der Waals surface area contributed by atoms with Crippen LogP contribution in [0.15, 0.2) is 43.0 Å². The molecule has 0 spiro atoms. The molecule has 3 rings (SSSR count). The Morgan fingerprint density at radius 3 is 2.74 bits per heavy atom. The molecule has 0 saturated carbocycles. The van der Waals surface area contributed by atoms with Crippen molar-refractivity contribution in [3.8, 4) is 17.2 Å². The monoisotopic (exact) mass is 360 g/mol. The van der Waals surface area contributed by atoms with Crippen molar-refractivity contribution in [3.63, 3.8) is 0 Å². The number of rotatable bonds is 7. The molecule has 1 aromatic heterocycles. The Morgan fingerprint density at radius 1 is 1.30 bits per heavy atom. The van der Waals surface area contributed by atoms with E-state index in [0.29, 0.717) is 0 Å². The first kappa shape index (κ1) is 19.0. The number of anilines is 2. The molecule has 1 aliphatic rings. The molecule has 140 valence electrons. The summed E-state index contributed by atoms with van der Waals surface area (Å²) in [6, 6.07) is 13.3. The molecule has 0 N–H and O–H groups in total. The molecule has 0 aliphatic carbocycles. The van der Waals surface area contributed by atoms with E-state index in [0.717, 1.165) is 44.2 Å². The highest BCUT2D eigenvalue weighted by Crippen LogP contribution is 2.33. The fourth-order valence-electron chi connectivity index (χ4n) is 3.46. The fourth-order valence-corrected chi connectivity index (χ4v) is 3.46. The maximum absolute atomic E-state index is 9.11. The molecule has 0 atom stereocenters. The van der Waals surface area contributed by atoms with Gasteiger partial charge < -0.3 is 9.80 Å². The average molecular weight is 361 g/mol. The smallest absolute Gasteiger partial charge is 0.131 e. The van der Waals surface area contributed by atoms with Crippen LogP contribution in [0.25, 0.3) is 11.1 Å². The second-order valence-corrected chi connectivity index (χ2v) is 7.28. The summed E-state index contributed by atoms with van der Waals surface area (Å²) in [7, 11) is 0. The van der Waals surface area contributed by atoms with Crippen LogP contribution in [0, 0.1) is 31.1 Å². The van der Waals surface area contributed by atoms with Crippen molar-refractivity contribution >= 4 is 11.6 Å². The lowest BCUT2D eigenvalue weighted by Crippen LogP contribution is -2.46. The molecule has 1 aromatic carbocycles. The summed E-state index contributed by atoms with van der Waals surface area (Å²) < 4.78 is 0. The van der Waals surface area contributed by atoms with Gasteiger partial charge in [0.25, 0.3) is 0 Å². The minimum Gasteiger partial charge on any atom is -0.356 e. The Balaban J connectivity index is 2.04. The van der Waals surface area contributed by atoms with Gasteiger partial charge in [0.1, 0.15) is 11.6 Å². The molecule has 4 nitrogen and oxygen atoms in total. The van der Waals surface area contributed by atoms with Gasteiger partial charge in [-0.2, -0.15) is 5.26 Å². The number of nitriles is 1. The maximum Gasteiger partial charge on any atom is 0.131 e. The van der Waals surface area contributed by atoms with Gasteiger partial charge in [0.15, 0.2) is 0 Å². The summed E-state index contributed by atoms with van der Waals surface area (Å²) in [6.07, 6.45) is 2.88. The summed E-state index contributed by atoms with van der Waals surface area (Å²) in [5.41, 5.74) is 4.95. The van der Waals surface area contributed by atoms with Crippen LogP contribution >= 0.6 is 0 Å². The van der Waals surface area contributed by atoms with Crippen LogP contribution in [0.1, 0.15) is 24.5 Å². The van der Waals surface area contributed by atoms with Gasteiger partial charge in [-0.3, -0.25) is 0 Å². The highest BCUT2D eigenvalue weighted by atomic mass is 15.3. The molecule has 1 fully saturated rings. The fraction of sp³-hybridized carbons (Fsp3) is 0.391. The topological polar surface area (TPSA) is 43.2 Å².